The number of nitrogens with zero attached hydrogens (tertiary/aromatic N) is 1. The van der Waals surface area contributed by atoms with Crippen LogP contribution in [0.2, 0.25) is 0 Å². The first-order valence-electron chi connectivity index (χ1n) is 5.98. The maximum Gasteiger partial charge on any atom is 0.0772 e. The molecule has 3 nitrogen and oxygen atoms in total. The van der Waals surface area contributed by atoms with Crippen molar-refractivity contribution in [2.75, 3.05) is 18.0 Å². The van der Waals surface area contributed by atoms with E-state index in [4.69, 9.17) is 0 Å². The van der Waals surface area contributed by atoms with Gasteiger partial charge in [0.1, 0.15) is 0 Å². The van der Waals surface area contributed by atoms with E-state index >= 15 is 0 Å². The minimum atomic E-state index is -0.467. The van der Waals surface area contributed by atoms with E-state index in [1.807, 2.05) is 18.2 Å². The third-order valence-corrected chi connectivity index (χ3v) is 3.88. The fourth-order valence-electron chi connectivity index (χ4n) is 2.24. The van der Waals surface area contributed by atoms with Crippen LogP contribution in [0.1, 0.15) is 31.4 Å². The average Bonchev–Trinajstić information content (AvgIpc) is 2.28. The number of aliphatic hydroxyl groups excluding tert-OH is 2. The lowest BCUT2D eigenvalue weighted by Crippen LogP contribution is -2.38. The van der Waals surface area contributed by atoms with Crippen LogP contribution in [0.15, 0.2) is 22.7 Å². The maximum atomic E-state index is 9.66. The standard InChI is InChI=1S/C13H18BrNO2/c1-9(16)12-5-4-10(7-13(12)14)15-6-2-3-11(17)8-15/h4-5,7,9,11,16-17H,2-3,6,8H2,1H3/t9-,11?/m1/s1. The molecule has 2 atom stereocenters. The molecule has 1 aliphatic heterocycles. The fourth-order valence-corrected chi connectivity index (χ4v) is 2.94. The van der Waals surface area contributed by atoms with Crippen molar-refractivity contribution in [1.29, 1.82) is 0 Å². The second-order valence-electron chi connectivity index (χ2n) is 4.62. The molecule has 2 rings (SSSR count). The summed E-state index contributed by atoms with van der Waals surface area (Å²) in [6.45, 7) is 3.43. The van der Waals surface area contributed by atoms with Crippen LogP contribution in [-0.4, -0.2) is 29.4 Å². The van der Waals surface area contributed by atoms with E-state index in [2.05, 4.69) is 20.8 Å². The molecule has 1 fully saturated rings. The van der Waals surface area contributed by atoms with E-state index in [9.17, 15) is 10.2 Å². The Hall–Kier alpha value is -0.580. The van der Waals surface area contributed by atoms with Gasteiger partial charge >= 0.3 is 0 Å². The molecule has 0 radical (unpaired) electrons. The Balaban J connectivity index is 2.19. The summed E-state index contributed by atoms with van der Waals surface area (Å²) in [4.78, 5) is 2.19. The van der Waals surface area contributed by atoms with E-state index in [0.29, 0.717) is 6.54 Å². The van der Waals surface area contributed by atoms with E-state index in [1.54, 1.807) is 6.92 Å². The SMILES string of the molecule is C[C@@H](O)c1ccc(N2CCCC(O)C2)cc1Br. The van der Waals surface area contributed by atoms with Crippen LogP contribution in [0.5, 0.6) is 0 Å². The van der Waals surface area contributed by atoms with Gasteiger partial charge in [0, 0.05) is 23.2 Å². The van der Waals surface area contributed by atoms with Crippen molar-refractivity contribution >= 4 is 21.6 Å². The summed E-state index contributed by atoms with van der Waals surface area (Å²) in [5.41, 5.74) is 1.99. The zero-order valence-electron chi connectivity index (χ0n) is 9.93. The molecule has 0 saturated carbocycles. The highest BCUT2D eigenvalue weighted by molar-refractivity contribution is 9.10. The Morgan fingerprint density at radius 3 is 2.82 bits per heavy atom. The van der Waals surface area contributed by atoms with Gasteiger partial charge in [-0.05, 0) is 37.5 Å². The van der Waals surface area contributed by atoms with Crippen molar-refractivity contribution in [2.24, 2.45) is 0 Å². The minimum absolute atomic E-state index is 0.223. The van der Waals surface area contributed by atoms with Gasteiger partial charge in [0.05, 0.1) is 12.2 Å². The first-order chi connectivity index (χ1) is 8.08. The molecule has 1 aromatic rings. The average molecular weight is 300 g/mol. The van der Waals surface area contributed by atoms with Gasteiger partial charge < -0.3 is 15.1 Å². The number of β-amino-alcohol motifs (C(OH)–C–C–N with tert-alkyl or cyclic N) is 1. The molecule has 0 amide bonds. The number of benzene rings is 1. The van der Waals surface area contributed by atoms with Gasteiger partial charge in [0.2, 0.25) is 0 Å². The molecule has 0 aromatic heterocycles. The van der Waals surface area contributed by atoms with Gasteiger partial charge in [0.15, 0.2) is 0 Å². The van der Waals surface area contributed by atoms with Crippen LogP contribution in [0.4, 0.5) is 5.69 Å². The second kappa shape index (κ2) is 5.38. The van der Waals surface area contributed by atoms with Crippen LogP contribution >= 0.6 is 15.9 Å². The quantitative estimate of drug-likeness (QED) is 0.882. The van der Waals surface area contributed by atoms with Gasteiger partial charge in [-0.25, -0.2) is 0 Å². The number of hydrogen-bond acceptors (Lipinski definition) is 3. The molecule has 0 aliphatic carbocycles. The summed E-state index contributed by atoms with van der Waals surface area (Å²) in [5.74, 6) is 0. The van der Waals surface area contributed by atoms with Crippen molar-refractivity contribution < 1.29 is 10.2 Å². The number of piperidine rings is 1. The zero-order chi connectivity index (χ0) is 12.4. The molecule has 2 N–H and O–H groups in total. The Labute approximate surface area is 110 Å². The predicted molar refractivity (Wildman–Crippen MR) is 72.2 cm³/mol. The summed E-state index contributed by atoms with van der Waals surface area (Å²) in [5, 5.41) is 19.2. The highest BCUT2D eigenvalue weighted by atomic mass is 79.9. The number of hydrogen-bond donors (Lipinski definition) is 2. The Bertz CT molecular complexity index is 395. The highest BCUT2D eigenvalue weighted by Crippen LogP contribution is 2.29. The van der Waals surface area contributed by atoms with Crippen molar-refractivity contribution in [3.63, 3.8) is 0 Å². The van der Waals surface area contributed by atoms with Gasteiger partial charge in [-0.1, -0.05) is 22.0 Å². The maximum absolute atomic E-state index is 9.66. The minimum Gasteiger partial charge on any atom is -0.391 e. The summed E-state index contributed by atoms with van der Waals surface area (Å²) < 4.78 is 0.921. The van der Waals surface area contributed by atoms with Gasteiger partial charge in [0.25, 0.3) is 0 Å². The highest BCUT2D eigenvalue weighted by Gasteiger charge is 2.18. The lowest BCUT2D eigenvalue weighted by atomic mass is 10.1. The van der Waals surface area contributed by atoms with Crippen LogP contribution in [0.3, 0.4) is 0 Å². The first kappa shape index (κ1) is 12.9. The van der Waals surface area contributed by atoms with E-state index in [1.165, 1.54) is 0 Å². The Morgan fingerprint density at radius 1 is 1.47 bits per heavy atom. The number of halogens is 1. The summed E-state index contributed by atoms with van der Waals surface area (Å²) in [7, 11) is 0. The molecule has 0 spiro atoms. The molecular formula is C13H18BrNO2. The topological polar surface area (TPSA) is 43.7 Å². The third-order valence-electron chi connectivity index (χ3n) is 3.20. The van der Waals surface area contributed by atoms with E-state index < -0.39 is 6.10 Å². The summed E-state index contributed by atoms with van der Waals surface area (Å²) in [6.07, 6.45) is 1.23. The Kier molecular flexibility index (Phi) is 4.07. The third kappa shape index (κ3) is 3.00. The molecule has 4 heteroatoms. The monoisotopic (exact) mass is 299 g/mol. The number of rotatable bonds is 2. The molecular weight excluding hydrogens is 282 g/mol. The lowest BCUT2D eigenvalue weighted by molar-refractivity contribution is 0.154. The first-order valence-corrected chi connectivity index (χ1v) is 6.77. The molecule has 94 valence electrons. The van der Waals surface area contributed by atoms with Gasteiger partial charge in [-0.15, -0.1) is 0 Å². The summed E-state index contributed by atoms with van der Waals surface area (Å²) >= 11 is 3.48. The van der Waals surface area contributed by atoms with Crippen LogP contribution in [0.25, 0.3) is 0 Å². The van der Waals surface area contributed by atoms with Crippen molar-refractivity contribution in [3.05, 3.63) is 28.2 Å². The molecule has 1 unspecified atom stereocenters. The van der Waals surface area contributed by atoms with Gasteiger partial charge in [-0.2, -0.15) is 0 Å². The number of anilines is 1. The van der Waals surface area contributed by atoms with Gasteiger partial charge in [-0.3, -0.25) is 0 Å². The normalized spacial score (nSPS) is 22.6. The fraction of sp³-hybridized carbons (Fsp3) is 0.538. The molecule has 1 aromatic carbocycles. The smallest absolute Gasteiger partial charge is 0.0772 e. The Morgan fingerprint density at radius 2 is 2.24 bits per heavy atom. The second-order valence-corrected chi connectivity index (χ2v) is 5.48. The van der Waals surface area contributed by atoms with Crippen molar-refractivity contribution in [3.8, 4) is 0 Å². The zero-order valence-corrected chi connectivity index (χ0v) is 11.5. The molecule has 1 aliphatic rings. The largest absolute Gasteiger partial charge is 0.391 e. The molecule has 1 heterocycles. The van der Waals surface area contributed by atoms with Crippen molar-refractivity contribution in [1.82, 2.24) is 0 Å². The van der Waals surface area contributed by atoms with Crippen LogP contribution in [-0.2, 0) is 0 Å². The molecule has 17 heavy (non-hydrogen) atoms. The molecule has 0 bridgehead atoms. The van der Waals surface area contributed by atoms with Crippen LogP contribution in [0, 0.1) is 0 Å². The van der Waals surface area contributed by atoms with E-state index in [-0.39, 0.29) is 6.10 Å². The van der Waals surface area contributed by atoms with Crippen molar-refractivity contribution in [2.45, 2.75) is 32.0 Å². The lowest BCUT2D eigenvalue weighted by Gasteiger charge is -2.32. The summed E-state index contributed by atoms with van der Waals surface area (Å²) in [6, 6.07) is 5.95. The van der Waals surface area contributed by atoms with Crippen LogP contribution < -0.4 is 4.90 Å². The number of aliphatic hydroxyl groups is 2. The van der Waals surface area contributed by atoms with E-state index in [0.717, 1.165) is 35.1 Å². The molecule has 1 saturated heterocycles. The predicted octanol–water partition coefficient (Wildman–Crippen LogP) is 2.46.